The number of rotatable bonds is 57. The molecular weight excluding hydrogens is 973 g/mol. The highest BCUT2D eigenvalue weighted by molar-refractivity contribution is 7.98. The van der Waals surface area contributed by atoms with E-state index >= 15 is 0 Å². The lowest BCUT2D eigenvalue weighted by Crippen LogP contribution is -2.35. The third kappa shape index (κ3) is 42.7. The fourth-order valence-electron chi connectivity index (χ4n) is 15.3. The zero-order valence-corrected chi connectivity index (χ0v) is 56.6. The number of likely N-dealkylation sites (tertiary alicyclic amines) is 2. The summed E-state index contributed by atoms with van der Waals surface area (Å²) in [4.78, 5) is 5.44. The Labute approximate surface area is 505 Å². The van der Waals surface area contributed by atoms with Gasteiger partial charge in [0.25, 0.3) is 0 Å². The average molecular weight is 1120 g/mol. The molecule has 0 aromatic heterocycles. The standard InChI is InChI=1S/C38H75NS.C38H75N/c1-4-6-8-10-12-14-18-22-35(26-27-36-28-30-39(31-29-36)32-33-40-3)23-19-15-13-17-21-25-38-34-37(38)24-20-16-11-9-7-5-2;1-4-7-9-11-13-15-19-23-35(27-28-36-29-32-39(31-6-3)33-30-36)24-20-16-14-18-22-26-38-34-37(38)25-21-17-12-10-8-5-2/h35-38H,4-34H2,1-3H3;35-38H,4-34H2,1-3H3. The molecule has 0 spiro atoms. The maximum absolute atomic E-state index is 2.72. The van der Waals surface area contributed by atoms with Gasteiger partial charge in [-0.2, -0.15) is 11.8 Å². The first-order valence-electron chi connectivity index (χ1n) is 38.0. The van der Waals surface area contributed by atoms with Crippen molar-refractivity contribution in [3.63, 3.8) is 0 Å². The van der Waals surface area contributed by atoms with Crippen LogP contribution in [0.2, 0.25) is 0 Å². The van der Waals surface area contributed by atoms with Crippen molar-refractivity contribution in [3.05, 3.63) is 0 Å². The minimum absolute atomic E-state index is 1.02. The molecule has 2 saturated carbocycles. The zero-order chi connectivity index (χ0) is 56.3. The van der Waals surface area contributed by atoms with E-state index in [9.17, 15) is 0 Å². The molecule has 470 valence electrons. The number of piperidine rings is 2. The molecule has 79 heavy (non-hydrogen) atoms. The molecule has 2 nitrogen and oxygen atoms in total. The zero-order valence-electron chi connectivity index (χ0n) is 55.8. The van der Waals surface area contributed by atoms with Crippen LogP contribution in [0.3, 0.4) is 0 Å². The van der Waals surface area contributed by atoms with Crippen LogP contribution in [0.25, 0.3) is 0 Å². The Morgan fingerprint density at radius 3 is 0.835 bits per heavy atom. The molecule has 0 amide bonds. The van der Waals surface area contributed by atoms with Crippen molar-refractivity contribution in [1.82, 2.24) is 9.80 Å². The Morgan fingerprint density at radius 2 is 0.557 bits per heavy atom. The van der Waals surface area contributed by atoms with Crippen LogP contribution in [0.4, 0.5) is 0 Å². The summed E-state index contributed by atoms with van der Waals surface area (Å²) in [5.41, 5.74) is 0. The van der Waals surface area contributed by atoms with E-state index in [2.05, 4.69) is 50.7 Å². The van der Waals surface area contributed by atoms with Gasteiger partial charge in [-0.05, 0) is 131 Å². The Hall–Kier alpha value is 0.270. The SMILES string of the molecule is CCCCCCCCCC(CCCCCCCC1CC1CCCCCCCC)CCC1CCN(CCC)CC1.CCCCCCCCCC(CCCCCCCC1CC1CCCCCCCC)CCC1CCN(CCSC)CC1. The van der Waals surface area contributed by atoms with Gasteiger partial charge >= 0.3 is 0 Å². The Morgan fingerprint density at radius 1 is 0.291 bits per heavy atom. The lowest BCUT2D eigenvalue weighted by molar-refractivity contribution is 0.172. The van der Waals surface area contributed by atoms with Crippen molar-refractivity contribution in [1.29, 1.82) is 0 Å². The molecule has 4 aliphatic rings. The van der Waals surface area contributed by atoms with Gasteiger partial charge in [0.15, 0.2) is 0 Å². The summed E-state index contributed by atoms with van der Waals surface area (Å²) >= 11 is 2.01. The lowest BCUT2D eigenvalue weighted by Gasteiger charge is -2.32. The van der Waals surface area contributed by atoms with Crippen molar-refractivity contribution < 1.29 is 0 Å². The van der Waals surface area contributed by atoms with E-state index in [0.29, 0.717) is 0 Å². The first-order chi connectivity index (χ1) is 39.0. The molecule has 2 heterocycles. The molecule has 2 aliphatic carbocycles. The van der Waals surface area contributed by atoms with Crippen LogP contribution < -0.4 is 0 Å². The van der Waals surface area contributed by atoms with Crippen LogP contribution in [0.1, 0.15) is 388 Å². The van der Waals surface area contributed by atoms with Crippen LogP contribution in [0, 0.1) is 47.3 Å². The topological polar surface area (TPSA) is 6.48 Å². The fraction of sp³-hybridized carbons (Fsp3) is 1.00. The summed E-state index contributed by atoms with van der Waals surface area (Å²) in [5.74, 6) is 9.92. The van der Waals surface area contributed by atoms with Crippen LogP contribution in [-0.2, 0) is 0 Å². The van der Waals surface area contributed by atoms with E-state index in [1.807, 2.05) is 11.8 Å². The minimum atomic E-state index is 1.02. The molecule has 0 aromatic rings. The number of nitrogens with zero attached hydrogens (tertiary/aromatic N) is 2. The summed E-state index contributed by atoms with van der Waals surface area (Å²) in [6.07, 6.45) is 84.4. The van der Waals surface area contributed by atoms with E-state index in [4.69, 9.17) is 0 Å². The monoisotopic (exact) mass is 1120 g/mol. The third-order valence-corrected chi connectivity index (χ3v) is 21.9. The lowest BCUT2D eigenvalue weighted by atomic mass is 9.84. The van der Waals surface area contributed by atoms with Crippen molar-refractivity contribution in [2.45, 2.75) is 388 Å². The average Bonchev–Trinajstić information content (AvgIpc) is 4.43. The summed E-state index contributed by atoms with van der Waals surface area (Å²) < 4.78 is 0. The van der Waals surface area contributed by atoms with Crippen LogP contribution in [0.15, 0.2) is 0 Å². The van der Waals surface area contributed by atoms with Crippen molar-refractivity contribution in [2.75, 3.05) is 51.3 Å². The number of thioether (sulfide) groups is 1. The van der Waals surface area contributed by atoms with Crippen molar-refractivity contribution in [3.8, 4) is 0 Å². The van der Waals surface area contributed by atoms with Gasteiger partial charge in [0, 0.05) is 12.3 Å². The largest absolute Gasteiger partial charge is 0.303 e. The summed E-state index contributed by atoms with van der Waals surface area (Å²) in [6, 6.07) is 0. The molecule has 2 aliphatic heterocycles. The maximum Gasteiger partial charge on any atom is 0.00722 e. The van der Waals surface area contributed by atoms with Gasteiger partial charge in [0.1, 0.15) is 0 Å². The minimum Gasteiger partial charge on any atom is -0.303 e. The molecule has 6 atom stereocenters. The van der Waals surface area contributed by atoms with E-state index in [0.717, 1.165) is 47.3 Å². The molecule has 6 unspecified atom stereocenters. The normalized spacial score (nSPS) is 20.9. The quantitative estimate of drug-likeness (QED) is 0.0561. The van der Waals surface area contributed by atoms with Gasteiger partial charge in [0.2, 0.25) is 0 Å². The number of unbranched alkanes of at least 4 members (excludes halogenated alkanes) is 30. The first-order valence-corrected chi connectivity index (χ1v) is 39.4. The van der Waals surface area contributed by atoms with E-state index in [1.165, 1.54) is 360 Å². The van der Waals surface area contributed by atoms with Gasteiger partial charge in [-0.25, -0.2) is 0 Å². The van der Waals surface area contributed by atoms with Crippen molar-refractivity contribution >= 4 is 11.8 Å². The third-order valence-electron chi connectivity index (χ3n) is 21.3. The predicted molar refractivity (Wildman–Crippen MR) is 361 cm³/mol. The van der Waals surface area contributed by atoms with Gasteiger partial charge < -0.3 is 9.80 Å². The molecule has 0 N–H and O–H groups in total. The number of hydrogen-bond donors (Lipinski definition) is 0. The molecule has 0 radical (unpaired) electrons. The number of hydrogen-bond acceptors (Lipinski definition) is 3. The van der Waals surface area contributed by atoms with Gasteiger partial charge in [-0.15, -0.1) is 0 Å². The Bertz CT molecular complexity index is 1220. The molecule has 4 fully saturated rings. The highest BCUT2D eigenvalue weighted by atomic mass is 32.2. The smallest absolute Gasteiger partial charge is 0.00722 e. The highest BCUT2D eigenvalue weighted by Gasteiger charge is 2.36. The van der Waals surface area contributed by atoms with E-state index in [-0.39, 0.29) is 0 Å². The molecule has 3 heteroatoms. The molecular formula is C76H150N2S. The Balaban J connectivity index is 0.000000415. The summed E-state index contributed by atoms with van der Waals surface area (Å²) in [7, 11) is 0. The van der Waals surface area contributed by atoms with Crippen LogP contribution >= 0.6 is 11.8 Å². The van der Waals surface area contributed by atoms with E-state index < -0.39 is 0 Å². The second-order valence-electron chi connectivity index (χ2n) is 28.6. The summed E-state index contributed by atoms with van der Waals surface area (Å²) in [6.45, 7) is 19.8. The van der Waals surface area contributed by atoms with Crippen LogP contribution in [0.5, 0.6) is 0 Å². The maximum atomic E-state index is 2.72. The van der Waals surface area contributed by atoms with E-state index in [1.54, 1.807) is 38.5 Å². The molecule has 2 saturated heterocycles. The Kier molecular flexibility index (Phi) is 50.0. The second kappa shape index (κ2) is 53.7. The molecule has 0 bridgehead atoms. The summed E-state index contributed by atoms with van der Waals surface area (Å²) in [5, 5.41) is 0. The highest BCUT2D eigenvalue weighted by Crippen LogP contribution is 2.47. The molecule has 4 rings (SSSR count). The fourth-order valence-corrected chi connectivity index (χ4v) is 15.7. The first kappa shape index (κ1) is 73.5. The molecule has 0 aromatic carbocycles. The van der Waals surface area contributed by atoms with Crippen molar-refractivity contribution in [2.24, 2.45) is 47.3 Å². The van der Waals surface area contributed by atoms with Gasteiger partial charge in [0.05, 0.1) is 0 Å². The second-order valence-corrected chi connectivity index (χ2v) is 29.6. The van der Waals surface area contributed by atoms with Gasteiger partial charge in [-0.3, -0.25) is 0 Å². The predicted octanol–water partition coefficient (Wildman–Crippen LogP) is 25.5. The van der Waals surface area contributed by atoms with Crippen LogP contribution in [-0.4, -0.2) is 61.1 Å². The van der Waals surface area contributed by atoms with Gasteiger partial charge in [-0.1, -0.05) is 343 Å².